The standard InChI is InChI=1S/C54H32N2OS/c1-2-12-35(13-3-1)56-48-30-34(37-17-10-19-43-41-15-5-8-22-51(41)57-53(37)43)26-29-40(48)46-31-45-39-14-4-7-21-47(39)55(49(45)32-50(46)56)36-27-24-33(25-28-36)38-18-11-20-44-42-16-6-9-23-52(42)58-54(38)44/h1-32H. The van der Waals surface area contributed by atoms with Crippen molar-refractivity contribution in [2.75, 3.05) is 0 Å². The van der Waals surface area contributed by atoms with Gasteiger partial charge in [-0.15, -0.1) is 11.3 Å². The Kier molecular flexibility index (Phi) is 6.60. The van der Waals surface area contributed by atoms with Gasteiger partial charge >= 0.3 is 0 Å². The van der Waals surface area contributed by atoms with E-state index in [1.807, 2.05) is 17.4 Å². The van der Waals surface area contributed by atoms with E-state index in [0.29, 0.717) is 0 Å². The lowest BCUT2D eigenvalue weighted by atomic mass is 10.0. The molecule has 0 aliphatic rings. The third kappa shape index (κ3) is 4.49. The molecule has 4 aromatic heterocycles. The van der Waals surface area contributed by atoms with Gasteiger partial charge in [0.05, 0.1) is 22.1 Å². The average Bonchev–Trinajstić information content (AvgIpc) is 4.03. The molecular formula is C54H32N2OS. The molecule has 9 aromatic carbocycles. The summed E-state index contributed by atoms with van der Waals surface area (Å²) in [6, 6.07) is 70.7. The molecule has 0 atom stereocenters. The van der Waals surface area contributed by atoms with Crippen LogP contribution in [-0.2, 0) is 0 Å². The molecule has 0 fully saturated rings. The lowest BCUT2D eigenvalue weighted by Crippen LogP contribution is -1.96. The van der Waals surface area contributed by atoms with Crippen molar-refractivity contribution in [1.82, 2.24) is 9.13 Å². The smallest absolute Gasteiger partial charge is 0.143 e. The third-order valence-corrected chi connectivity index (χ3v) is 13.4. The highest BCUT2D eigenvalue weighted by atomic mass is 32.1. The van der Waals surface area contributed by atoms with Gasteiger partial charge in [0.15, 0.2) is 0 Å². The van der Waals surface area contributed by atoms with Gasteiger partial charge in [-0.1, -0.05) is 133 Å². The van der Waals surface area contributed by atoms with Crippen LogP contribution in [-0.4, -0.2) is 9.13 Å². The number of rotatable bonds is 4. The first-order valence-electron chi connectivity index (χ1n) is 19.8. The molecule has 0 aliphatic heterocycles. The summed E-state index contributed by atoms with van der Waals surface area (Å²) >= 11 is 1.88. The Morgan fingerprint density at radius 1 is 0.345 bits per heavy atom. The fourth-order valence-electron chi connectivity index (χ4n) is 9.52. The number of thiophene rings is 1. The summed E-state index contributed by atoms with van der Waals surface area (Å²) in [4.78, 5) is 0. The van der Waals surface area contributed by atoms with E-state index in [1.54, 1.807) is 0 Å². The molecular weight excluding hydrogens is 725 g/mol. The summed E-state index contributed by atoms with van der Waals surface area (Å²) in [6.07, 6.45) is 0. The molecule has 13 rings (SSSR count). The number of aromatic nitrogens is 2. The van der Waals surface area contributed by atoms with Gasteiger partial charge in [0, 0.05) is 69.4 Å². The zero-order chi connectivity index (χ0) is 37.9. The van der Waals surface area contributed by atoms with Gasteiger partial charge in [-0.05, 0) is 77.4 Å². The van der Waals surface area contributed by atoms with Gasteiger partial charge in [-0.2, -0.15) is 0 Å². The van der Waals surface area contributed by atoms with E-state index in [-0.39, 0.29) is 0 Å². The minimum absolute atomic E-state index is 0.909. The summed E-state index contributed by atoms with van der Waals surface area (Å²) < 4.78 is 14.0. The molecule has 0 saturated carbocycles. The molecule has 0 N–H and O–H groups in total. The monoisotopic (exact) mass is 756 g/mol. The van der Waals surface area contributed by atoms with Crippen LogP contribution >= 0.6 is 11.3 Å². The van der Waals surface area contributed by atoms with Crippen molar-refractivity contribution in [3.05, 3.63) is 194 Å². The van der Waals surface area contributed by atoms with Crippen LogP contribution in [0, 0.1) is 0 Å². The van der Waals surface area contributed by atoms with Gasteiger partial charge in [-0.25, -0.2) is 0 Å². The van der Waals surface area contributed by atoms with Crippen molar-refractivity contribution in [2.45, 2.75) is 0 Å². The lowest BCUT2D eigenvalue weighted by Gasteiger charge is -2.11. The molecule has 4 heterocycles. The molecule has 13 aromatic rings. The SMILES string of the molecule is c1ccc(-n2c3cc(-c4cccc5c4oc4ccccc45)ccc3c3cc4c5ccccc5n(-c5ccc(-c6cccc7c6sc6ccccc67)cc5)c4cc32)cc1. The van der Waals surface area contributed by atoms with E-state index in [2.05, 4.69) is 197 Å². The van der Waals surface area contributed by atoms with Crippen molar-refractivity contribution in [3.63, 3.8) is 0 Å². The molecule has 0 unspecified atom stereocenters. The Morgan fingerprint density at radius 2 is 0.948 bits per heavy atom. The molecule has 270 valence electrons. The summed E-state index contributed by atoms with van der Waals surface area (Å²) in [6.45, 7) is 0. The molecule has 58 heavy (non-hydrogen) atoms. The molecule has 0 radical (unpaired) electrons. The van der Waals surface area contributed by atoms with Crippen LogP contribution in [0.2, 0.25) is 0 Å². The van der Waals surface area contributed by atoms with Crippen LogP contribution in [0.3, 0.4) is 0 Å². The fraction of sp³-hybridized carbons (Fsp3) is 0. The average molecular weight is 757 g/mol. The van der Waals surface area contributed by atoms with Crippen LogP contribution in [0.4, 0.5) is 0 Å². The van der Waals surface area contributed by atoms with Gasteiger partial charge in [0.1, 0.15) is 11.2 Å². The van der Waals surface area contributed by atoms with Gasteiger partial charge < -0.3 is 13.6 Å². The summed E-state index contributed by atoms with van der Waals surface area (Å²) in [5.74, 6) is 0. The number of para-hydroxylation sites is 4. The quantitative estimate of drug-likeness (QED) is 0.175. The first-order valence-corrected chi connectivity index (χ1v) is 20.6. The number of hydrogen-bond acceptors (Lipinski definition) is 2. The summed E-state index contributed by atoms with van der Waals surface area (Å²) in [5, 5.41) is 9.86. The van der Waals surface area contributed by atoms with Crippen molar-refractivity contribution in [1.29, 1.82) is 0 Å². The molecule has 0 saturated heterocycles. The van der Waals surface area contributed by atoms with Crippen LogP contribution in [0.5, 0.6) is 0 Å². The molecule has 3 nitrogen and oxygen atoms in total. The normalized spacial score (nSPS) is 12.1. The number of nitrogens with zero attached hydrogens (tertiary/aromatic N) is 2. The largest absolute Gasteiger partial charge is 0.455 e. The fourth-order valence-corrected chi connectivity index (χ4v) is 10.8. The molecule has 4 heteroatoms. The van der Waals surface area contributed by atoms with Gasteiger partial charge in [-0.3, -0.25) is 0 Å². The van der Waals surface area contributed by atoms with E-state index in [4.69, 9.17) is 4.42 Å². The molecule has 0 bridgehead atoms. The number of furan rings is 1. The van der Waals surface area contributed by atoms with E-state index < -0.39 is 0 Å². The first-order chi connectivity index (χ1) is 28.8. The molecule has 0 spiro atoms. The van der Waals surface area contributed by atoms with Crippen LogP contribution in [0.25, 0.3) is 119 Å². The highest BCUT2D eigenvalue weighted by Gasteiger charge is 2.20. The van der Waals surface area contributed by atoms with Crippen molar-refractivity contribution in [2.24, 2.45) is 0 Å². The third-order valence-electron chi connectivity index (χ3n) is 12.1. The molecule has 0 amide bonds. The van der Waals surface area contributed by atoms with Crippen molar-refractivity contribution >= 4 is 97.1 Å². The highest BCUT2D eigenvalue weighted by Crippen LogP contribution is 2.44. The number of fused-ring (bicyclic) bond motifs is 12. The van der Waals surface area contributed by atoms with E-state index in [0.717, 1.165) is 50.0 Å². The van der Waals surface area contributed by atoms with Crippen LogP contribution in [0.1, 0.15) is 0 Å². The second kappa shape index (κ2) is 12.1. The second-order valence-electron chi connectivity index (χ2n) is 15.2. The topological polar surface area (TPSA) is 23.0 Å². The van der Waals surface area contributed by atoms with E-state index in [9.17, 15) is 0 Å². The van der Waals surface area contributed by atoms with E-state index >= 15 is 0 Å². The van der Waals surface area contributed by atoms with E-state index in [1.165, 1.54) is 69.4 Å². The molecule has 0 aliphatic carbocycles. The second-order valence-corrected chi connectivity index (χ2v) is 16.3. The number of hydrogen-bond donors (Lipinski definition) is 0. The first kappa shape index (κ1) is 31.8. The van der Waals surface area contributed by atoms with Crippen LogP contribution in [0.15, 0.2) is 199 Å². The minimum atomic E-state index is 0.909. The maximum absolute atomic E-state index is 6.52. The predicted molar refractivity (Wildman–Crippen MR) is 246 cm³/mol. The summed E-state index contributed by atoms with van der Waals surface area (Å²) in [7, 11) is 0. The maximum atomic E-state index is 6.52. The Balaban J connectivity index is 1.03. The van der Waals surface area contributed by atoms with Crippen molar-refractivity contribution in [3.8, 4) is 33.6 Å². The zero-order valence-corrected chi connectivity index (χ0v) is 32.0. The zero-order valence-electron chi connectivity index (χ0n) is 31.2. The maximum Gasteiger partial charge on any atom is 0.143 e. The minimum Gasteiger partial charge on any atom is -0.455 e. The lowest BCUT2D eigenvalue weighted by molar-refractivity contribution is 0.670. The van der Waals surface area contributed by atoms with Gasteiger partial charge in [0.25, 0.3) is 0 Å². The summed E-state index contributed by atoms with van der Waals surface area (Å²) in [5.41, 5.74) is 13.5. The van der Waals surface area contributed by atoms with Gasteiger partial charge in [0.2, 0.25) is 0 Å². The highest BCUT2D eigenvalue weighted by molar-refractivity contribution is 7.26. The van der Waals surface area contributed by atoms with Crippen molar-refractivity contribution < 1.29 is 4.42 Å². The number of benzene rings is 9. The van der Waals surface area contributed by atoms with Crippen LogP contribution < -0.4 is 0 Å². The Hall–Kier alpha value is -7.40. The Morgan fingerprint density at radius 3 is 1.79 bits per heavy atom. The Bertz CT molecular complexity index is 3790. The predicted octanol–water partition coefficient (Wildman–Crippen LogP) is 15.5. The Labute approximate surface area is 336 Å².